The Morgan fingerprint density at radius 1 is 0.702 bits per heavy atom. The summed E-state index contributed by atoms with van der Waals surface area (Å²) < 4.78 is 0. The van der Waals surface area contributed by atoms with Gasteiger partial charge in [-0.3, -0.25) is 14.4 Å². The summed E-state index contributed by atoms with van der Waals surface area (Å²) in [5, 5.41) is 21.9. The van der Waals surface area contributed by atoms with E-state index in [0.29, 0.717) is 35.2 Å². The zero-order chi connectivity index (χ0) is 33.7. The summed E-state index contributed by atoms with van der Waals surface area (Å²) in [7, 11) is 0. The quantitative estimate of drug-likeness (QED) is 0.294. The minimum Gasteiger partial charge on any atom is -0.393 e. The molecule has 8 rings (SSSR count). The molecule has 6 fully saturated rings. The lowest BCUT2D eigenvalue weighted by molar-refractivity contribution is -0.192. The molecular formula is C42H62O5. The molecule has 8 aliphatic carbocycles. The molecule has 0 heterocycles. The van der Waals surface area contributed by atoms with Gasteiger partial charge in [0.25, 0.3) is 0 Å². The molecule has 5 heteroatoms. The lowest BCUT2D eigenvalue weighted by Gasteiger charge is -2.62. The Hall–Kier alpha value is -1.59. The van der Waals surface area contributed by atoms with E-state index in [4.69, 9.17) is 0 Å². The van der Waals surface area contributed by atoms with Crippen LogP contribution in [0.2, 0.25) is 0 Å². The minimum atomic E-state index is -0.701. The molecule has 5 nitrogen and oxygen atoms in total. The van der Waals surface area contributed by atoms with Crippen LogP contribution in [0, 0.1) is 63.1 Å². The molecule has 0 aromatic heterocycles. The third kappa shape index (κ3) is 4.84. The van der Waals surface area contributed by atoms with Gasteiger partial charge in [-0.05, 0) is 162 Å². The summed E-state index contributed by atoms with van der Waals surface area (Å²) in [5.41, 5.74) is 2.41. The Bertz CT molecular complexity index is 1390. The fraction of sp³-hybridized carbons (Fsp3) is 0.833. The highest BCUT2D eigenvalue weighted by Crippen LogP contribution is 2.69. The van der Waals surface area contributed by atoms with Gasteiger partial charge >= 0.3 is 0 Å². The second-order valence-corrected chi connectivity index (χ2v) is 18.8. The van der Waals surface area contributed by atoms with E-state index < -0.39 is 5.60 Å². The lowest BCUT2D eigenvalue weighted by atomic mass is 9.44. The van der Waals surface area contributed by atoms with Gasteiger partial charge in [-0.25, -0.2) is 0 Å². The molecule has 8 aliphatic rings. The summed E-state index contributed by atoms with van der Waals surface area (Å²) in [6.45, 7) is 12.9. The molecule has 13 atom stereocenters. The van der Waals surface area contributed by atoms with Crippen molar-refractivity contribution in [2.45, 2.75) is 156 Å². The average Bonchev–Trinajstić information content (AvgIpc) is 3.56. The van der Waals surface area contributed by atoms with E-state index in [1.807, 2.05) is 13.0 Å². The molecule has 0 radical (unpaired) electrons. The average molecular weight is 647 g/mol. The third-order valence-corrected chi connectivity index (χ3v) is 17.2. The topological polar surface area (TPSA) is 91.7 Å². The SMILES string of the molecule is CC(=O)[C@H]1CC[C@H]2[C@@H]3CC=C4C[C@@H](O)CC[C@]4(C)[C@H]3CC[C@]12C.CC(=O)[C@H]1CC[C@H]2[C@@H]3CCC4=CC(=O)CC[C@]4(C)[C@@]3(O)CC[C@]12C. The van der Waals surface area contributed by atoms with Crippen molar-refractivity contribution in [2.75, 3.05) is 0 Å². The first-order valence-electron chi connectivity index (χ1n) is 19.4. The van der Waals surface area contributed by atoms with Gasteiger partial charge in [-0.2, -0.15) is 0 Å². The largest absolute Gasteiger partial charge is 0.393 e. The minimum absolute atomic E-state index is 0.0603. The first kappa shape index (κ1) is 33.9. The van der Waals surface area contributed by atoms with E-state index in [0.717, 1.165) is 88.4 Å². The fourth-order valence-electron chi connectivity index (χ4n) is 14.5. The predicted molar refractivity (Wildman–Crippen MR) is 184 cm³/mol. The van der Waals surface area contributed by atoms with E-state index >= 15 is 0 Å². The van der Waals surface area contributed by atoms with Crippen molar-refractivity contribution >= 4 is 17.3 Å². The highest BCUT2D eigenvalue weighted by molar-refractivity contribution is 5.91. The first-order chi connectivity index (χ1) is 22.1. The molecule has 0 unspecified atom stereocenters. The molecule has 2 N–H and O–H groups in total. The zero-order valence-electron chi connectivity index (χ0n) is 30.2. The second kappa shape index (κ2) is 11.5. The Labute approximate surface area is 283 Å². The number of ketones is 3. The number of allylic oxidation sites excluding steroid dienone is 1. The number of aliphatic hydroxyl groups excluding tert-OH is 1. The normalized spacial score (nSPS) is 51.4. The molecule has 0 aromatic rings. The number of fused-ring (bicyclic) bond motifs is 10. The van der Waals surface area contributed by atoms with Gasteiger partial charge in [0.1, 0.15) is 11.6 Å². The van der Waals surface area contributed by atoms with E-state index in [9.17, 15) is 24.6 Å². The lowest BCUT2D eigenvalue weighted by Crippen LogP contribution is -2.63. The van der Waals surface area contributed by atoms with Crippen LogP contribution in [-0.4, -0.2) is 39.3 Å². The maximum absolute atomic E-state index is 12.2. The predicted octanol–water partition coefficient (Wildman–Crippen LogP) is 8.35. The summed E-state index contributed by atoms with van der Waals surface area (Å²) in [5.74, 6) is 4.45. The summed E-state index contributed by atoms with van der Waals surface area (Å²) in [6, 6.07) is 0. The maximum Gasteiger partial charge on any atom is 0.155 e. The number of hydrogen-bond donors (Lipinski definition) is 2. The molecule has 0 bridgehead atoms. The van der Waals surface area contributed by atoms with Crippen LogP contribution in [0.5, 0.6) is 0 Å². The molecule has 47 heavy (non-hydrogen) atoms. The summed E-state index contributed by atoms with van der Waals surface area (Å²) >= 11 is 0. The number of aliphatic hydroxyl groups is 2. The Morgan fingerprint density at radius 3 is 2.04 bits per heavy atom. The highest BCUT2D eigenvalue weighted by Gasteiger charge is 2.66. The molecule has 0 saturated heterocycles. The number of rotatable bonds is 2. The summed E-state index contributed by atoms with van der Waals surface area (Å²) in [6.07, 6.45) is 20.3. The Morgan fingerprint density at radius 2 is 1.36 bits per heavy atom. The fourth-order valence-corrected chi connectivity index (χ4v) is 14.5. The van der Waals surface area contributed by atoms with Gasteiger partial charge in [0.15, 0.2) is 5.78 Å². The standard InChI is InChI=1S/C21H30O3.C21H32O2/c1-13(22)16-6-7-17-18-5-4-14-12-15(23)8-9-20(14,3)21(18,24)11-10-19(16,17)2;1-13(22)17-6-7-18-16-5-4-14-12-15(23)8-10-20(14,2)19(16)9-11-21(17,18)3/h12,16-18,24H,4-11H2,1-3H3;4,15-19,23H,5-12H2,1-3H3/t16-,17+,18+,19-,20+,21-;15-,16-,17+,18-,19-,20-,21+/m10/s1. The van der Waals surface area contributed by atoms with Gasteiger partial charge in [0, 0.05) is 23.7 Å². The van der Waals surface area contributed by atoms with Crippen LogP contribution in [-0.2, 0) is 14.4 Å². The molecular weight excluding hydrogens is 584 g/mol. The number of Topliss-reactive ketones (excluding diaryl/α,β-unsaturated/α-hetero) is 2. The van der Waals surface area contributed by atoms with Gasteiger partial charge in [-0.15, -0.1) is 0 Å². The van der Waals surface area contributed by atoms with Crippen molar-refractivity contribution in [3.8, 4) is 0 Å². The van der Waals surface area contributed by atoms with E-state index in [-0.39, 0.29) is 40.0 Å². The first-order valence-corrected chi connectivity index (χ1v) is 19.4. The number of hydrogen-bond acceptors (Lipinski definition) is 5. The van der Waals surface area contributed by atoms with Gasteiger partial charge in [-0.1, -0.05) is 44.9 Å². The van der Waals surface area contributed by atoms with Gasteiger partial charge in [0.2, 0.25) is 0 Å². The van der Waals surface area contributed by atoms with Crippen LogP contribution in [0.1, 0.15) is 144 Å². The van der Waals surface area contributed by atoms with Crippen LogP contribution in [0.15, 0.2) is 23.3 Å². The Kier molecular flexibility index (Phi) is 8.27. The van der Waals surface area contributed by atoms with Crippen LogP contribution in [0.3, 0.4) is 0 Å². The van der Waals surface area contributed by atoms with Gasteiger partial charge < -0.3 is 10.2 Å². The number of carbonyl (C=O) groups is 3. The number of carbonyl (C=O) groups excluding carboxylic acids is 3. The molecule has 0 spiro atoms. The zero-order valence-corrected chi connectivity index (χ0v) is 30.2. The van der Waals surface area contributed by atoms with E-state index in [1.165, 1.54) is 31.3 Å². The molecule has 0 aromatic carbocycles. The maximum atomic E-state index is 12.2. The van der Waals surface area contributed by atoms with Crippen LogP contribution >= 0.6 is 0 Å². The van der Waals surface area contributed by atoms with Crippen molar-refractivity contribution < 1.29 is 24.6 Å². The van der Waals surface area contributed by atoms with Crippen LogP contribution < -0.4 is 0 Å². The molecule has 0 amide bonds. The van der Waals surface area contributed by atoms with Gasteiger partial charge in [0.05, 0.1) is 11.7 Å². The van der Waals surface area contributed by atoms with Crippen molar-refractivity contribution in [1.29, 1.82) is 0 Å². The van der Waals surface area contributed by atoms with E-state index in [2.05, 4.69) is 33.8 Å². The summed E-state index contributed by atoms with van der Waals surface area (Å²) in [4.78, 5) is 36.2. The smallest absolute Gasteiger partial charge is 0.155 e. The highest BCUT2D eigenvalue weighted by atomic mass is 16.3. The van der Waals surface area contributed by atoms with Crippen molar-refractivity contribution in [3.05, 3.63) is 23.3 Å². The van der Waals surface area contributed by atoms with E-state index in [1.54, 1.807) is 12.5 Å². The second-order valence-electron chi connectivity index (χ2n) is 18.8. The van der Waals surface area contributed by atoms with Crippen LogP contribution in [0.25, 0.3) is 0 Å². The van der Waals surface area contributed by atoms with Crippen LogP contribution in [0.4, 0.5) is 0 Å². The molecule has 260 valence electrons. The van der Waals surface area contributed by atoms with Crippen molar-refractivity contribution in [3.63, 3.8) is 0 Å². The monoisotopic (exact) mass is 646 g/mol. The van der Waals surface area contributed by atoms with Crippen molar-refractivity contribution in [2.24, 2.45) is 63.1 Å². The molecule has 6 saturated carbocycles. The Balaban J connectivity index is 0.000000150. The third-order valence-electron chi connectivity index (χ3n) is 17.2. The molecule has 0 aliphatic heterocycles. The van der Waals surface area contributed by atoms with Crippen molar-refractivity contribution in [1.82, 2.24) is 0 Å².